The smallest absolute Gasteiger partial charge is 0.243 e. The van der Waals surface area contributed by atoms with Crippen molar-refractivity contribution in [2.45, 2.75) is 51.6 Å². The minimum Gasteiger partial charge on any atom is -0.354 e. The van der Waals surface area contributed by atoms with Gasteiger partial charge in [-0.25, -0.2) is 12.8 Å². The largest absolute Gasteiger partial charge is 0.354 e. The first kappa shape index (κ1) is 30.8. The van der Waals surface area contributed by atoms with E-state index in [0.717, 1.165) is 30.2 Å². The van der Waals surface area contributed by atoms with Crippen LogP contribution >= 0.6 is 0 Å². The molecule has 3 aromatic carbocycles. The van der Waals surface area contributed by atoms with Crippen LogP contribution in [0.4, 0.5) is 10.1 Å². The Balaban J connectivity index is 1.84. The summed E-state index contributed by atoms with van der Waals surface area (Å²) in [6.45, 7) is 2.85. The lowest BCUT2D eigenvalue weighted by molar-refractivity contribution is -0.141. The van der Waals surface area contributed by atoms with Crippen LogP contribution < -0.4 is 9.62 Å². The van der Waals surface area contributed by atoms with Crippen LogP contribution in [0, 0.1) is 5.82 Å². The van der Waals surface area contributed by atoms with Gasteiger partial charge < -0.3 is 10.2 Å². The minimum absolute atomic E-state index is 0.0353. The minimum atomic E-state index is -3.66. The van der Waals surface area contributed by atoms with E-state index in [1.807, 2.05) is 67.6 Å². The van der Waals surface area contributed by atoms with Crippen LogP contribution in [0.2, 0.25) is 0 Å². The average Bonchev–Trinajstić information content (AvgIpc) is 2.94. The number of nitrogens with one attached hydrogen (secondary N) is 1. The maximum atomic E-state index is 13.8. The van der Waals surface area contributed by atoms with Gasteiger partial charge in [0, 0.05) is 32.5 Å². The molecule has 7 nitrogen and oxygen atoms in total. The maximum Gasteiger partial charge on any atom is 0.243 e. The molecule has 2 amide bonds. The van der Waals surface area contributed by atoms with Gasteiger partial charge in [-0.3, -0.25) is 13.9 Å². The monoisotopic (exact) mass is 567 g/mol. The highest BCUT2D eigenvalue weighted by molar-refractivity contribution is 7.92. The summed E-state index contributed by atoms with van der Waals surface area (Å²) >= 11 is 0. The van der Waals surface area contributed by atoms with E-state index < -0.39 is 21.9 Å². The lowest BCUT2D eigenvalue weighted by atomic mass is 10.0. The fourth-order valence-corrected chi connectivity index (χ4v) is 5.42. The molecular weight excluding hydrogens is 529 g/mol. The Kier molecular flexibility index (Phi) is 11.7. The molecule has 9 heteroatoms. The zero-order valence-electron chi connectivity index (χ0n) is 23.1. The third-order valence-electron chi connectivity index (χ3n) is 6.56. The van der Waals surface area contributed by atoms with E-state index in [9.17, 15) is 22.4 Å². The Morgan fingerprint density at radius 1 is 0.875 bits per heavy atom. The molecule has 0 radical (unpaired) electrons. The lowest BCUT2D eigenvalue weighted by Gasteiger charge is -2.32. The van der Waals surface area contributed by atoms with Crippen molar-refractivity contribution in [3.05, 3.63) is 102 Å². The van der Waals surface area contributed by atoms with Crippen LogP contribution in [0.3, 0.4) is 0 Å². The van der Waals surface area contributed by atoms with E-state index in [-0.39, 0.29) is 37.7 Å². The molecule has 3 rings (SSSR count). The fraction of sp³-hybridized carbons (Fsp3) is 0.355. The highest BCUT2D eigenvalue weighted by Gasteiger charge is 2.30. The second kappa shape index (κ2) is 15.2. The van der Waals surface area contributed by atoms with Crippen molar-refractivity contribution in [1.82, 2.24) is 10.2 Å². The van der Waals surface area contributed by atoms with E-state index in [1.54, 1.807) is 4.90 Å². The summed E-state index contributed by atoms with van der Waals surface area (Å²) in [6, 6.07) is 23.5. The highest BCUT2D eigenvalue weighted by atomic mass is 32.2. The average molecular weight is 568 g/mol. The molecule has 40 heavy (non-hydrogen) atoms. The van der Waals surface area contributed by atoms with Crippen molar-refractivity contribution in [1.29, 1.82) is 0 Å². The Labute approximate surface area is 237 Å². The molecule has 0 bridgehead atoms. The second-order valence-electron chi connectivity index (χ2n) is 9.77. The van der Waals surface area contributed by atoms with Gasteiger partial charge in [0.1, 0.15) is 11.9 Å². The molecule has 1 N–H and O–H groups in total. The maximum absolute atomic E-state index is 13.8. The summed E-state index contributed by atoms with van der Waals surface area (Å²) < 4.78 is 39.5. The SMILES string of the molecule is CCCCNC(=O)[C@@H](Cc1ccccc1)N(Cc1ccccc1)C(=O)CCCN(c1ccc(F)cc1)S(C)(=O)=O. The molecule has 3 aromatic rings. The lowest BCUT2D eigenvalue weighted by Crippen LogP contribution is -2.50. The second-order valence-corrected chi connectivity index (χ2v) is 11.7. The molecule has 0 aromatic heterocycles. The van der Waals surface area contributed by atoms with Crippen molar-refractivity contribution in [2.24, 2.45) is 0 Å². The van der Waals surface area contributed by atoms with E-state index in [0.29, 0.717) is 18.7 Å². The van der Waals surface area contributed by atoms with Crippen LogP contribution in [-0.2, 0) is 32.6 Å². The molecule has 0 aliphatic rings. The van der Waals surface area contributed by atoms with Crippen molar-refractivity contribution in [3.63, 3.8) is 0 Å². The highest BCUT2D eigenvalue weighted by Crippen LogP contribution is 2.20. The van der Waals surface area contributed by atoms with E-state index >= 15 is 0 Å². The summed E-state index contributed by atoms with van der Waals surface area (Å²) in [5.41, 5.74) is 2.15. The first-order valence-corrected chi connectivity index (χ1v) is 15.4. The van der Waals surface area contributed by atoms with E-state index in [2.05, 4.69) is 5.32 Å². The van der Waals surface area contributed by atoms with Gasteiger partial charge in [0.2, 0.25) is 21.8 Å². The number of unbranched alkanes of at least 4 members (excludes halogenated alkanes) is 1. The topological polar surface area (TPSA) is 86.8 Å². The van der Waals surface area contributed by atoms with Gasteiger partial charge in [-0.2, -0.15) is 0 Å². The summed E-state index contributed by atoms with van der Waals surface area (Å²) in [5, 5.41) is 2.99. The molecule has 0 saturated carbocycles. The van der Waals surface area contributed by atoms with Crippen LogP contribution in [0.15, 0.2) is 84.9 Å². The van der Waals surface area contributed by atoms with E-state index in [1.165, 1.54) is 28.6 Å². The molecule has 0 saturated heterocycles. The number of rotatable bonds is 15. The van der Waals surface area contributed by atoms with Crippen molar-refractivity contribution >= 4 is 27.5 Å². The number of amides is 2. The van der Waals surface area contributed by atoms with Crippen LogP contribution in [0.5, 0.6) is 0 Å². The number of halogens is 1. The number of carbonyl (C=O) groups is 2. The molecule has 0 spiro atoms. The van der Waals surface area contributed by atoms with Gasteiger partial charge in [0.15, 0.2) is 0 Å². The Bertz CT molecular complexity index is 1320. The van der Waals surface area contributed by atoms with Crippen LogP contribution in [0.25, 0.3) is 0 Å². The molecule has 0 unspecified atom stereocenters. The van der Waals surface area contributed by atoms with Gasteiger partial charge in [0.25, 0.3) is 0 Å². The van der Waals surface area contributed by atoms with Gasteiger partial charge in [-0.05, 0) is 48.2 Å². The Hall–Kier alpha value is -3.72. The van der Waals surface area contributed by atoms with Crippen LogP contribution in [-0.4, -0.2) is 50.5 Å². The normalized spacial score (nSPS) is 12.0. The number of hydrogen-bond acceptors (Lipinski definition) is 4. The van der Waals surface area contributed by atoms with Gasteiger partial charge >= 0.3 is 0 Å². The van der Waals surface area contributed by atoms with E-state index in [4.69, 9.17) is 0 Å². The molecule has 1 atom stereocenters. The summed E-state index contributed by atoms with van der Waals surface area (Å²) in [4.78, 5) is 28.8. The zero-order valence-corrected chi connectivity index (χ0v) is 23.9. The Morgan fingerprint density at radius 2 is 1.48 bits per heavy atom. The summed E-state index contributed by atoms with van der Waals surface area (Å²) in [6.07, 6.45) is 3.46. The van der Waals surface area contributed by atoms with Crippen LogP contribution in [0.1, 0.15) is 43.7 Å². The number of sulfonamides is 1. The number of anilines is 1. The predicted octanol–water partition coefficient (Wildman–Crippen LogP) is 4.93. The molecule has 0 heterocycles. The first-order chi connectivity index (χ1) is 19.2. The Morgan fingerprint density at radius 3 is 2.05 bits per heavy atom. The predicted molar refractivity (Wildman–Crippen MR) is 157 cm³/mol. The van der Waals surface area contributed by atoms with Gasteiger partial charge in [-0.15, -0.1) is 0 Å². The number of nitrogens with zero attached hydrogens (tertiary/aromatic N) is 2. The third kappa shape index (κ3) is 9.48. The molecule has 0 aliphatic heterocycles. The first-order valence-electron chi connectivity index (χ1n) is 13.6. The molecule has 214 valence electrons. The molecule has 0 fully saturated rings. The molecular formula is C31H38FN3O4S. The van der Waals surface area contributed by atoms with Crippen molar-refractivity contribution in [3.8, 4) is 0 Å². The fourth-order valence-electron chi connectivity index (χ4n) is 4.45. The number of hydrogen-bond donors (Lipinski definition) is 1. The quantitative estimate of drug-likeness (QED) is 0.264. The van der Waals surface area contributed by atoms with Crippen molar-refractivity contribution in [2.75, 3.05) is 23.7 Å². The zero-order chi connectivity index (χ0) is 29.0. The standard InChI is InChI=1S/C31H38FN3O4S/c1-3-4-21-33-31(37)29(23-25-12-7-5-8-13-25)34(24-26-14-9-6-10-15-26)30(36)16-11-22-35(40(2,38)39)28-19-17-27(32)18-20-28/h5-10,12-15,17-20,29H,3-4,11,16,21-24H2,1-2H3,(H,33,37)/t29-/m1/s1. The summed E-state index contributed by atoms with van der Waals surface area (Å²) in [5.74, 6) is -0.931. The third-order valence-corrected chi connectivity index (χ3v) is 7.76. The van der Waals surface area contributed by atoms with Gasteiger partial charge in [-0.1, -0.05) is 74.0 Å². The van der Waals surface area contributed by atoms with Gasteiger partial charge in [0.05, 0.1) is 11.9 Å². The number of benzene rings is 3. The number of carbonyl (C=O) groups excluding carboxylic acids is 2. The van der Waals surface area contributed by atoms with Crippen molar-refractivity contribution < 1.29 is 22.4 Å². The molecule has 0 aliphatic carbocycles. The summed E-state index contributed by atoms with van der Waals surface area (Å²) in [7, 11) is -3.66.